The predicted octanol–water partition coefficient (Wildman–Crippen LogP) is 2.23. The number of rotatable bonds is 2. The van der Waals surface area contributed by atoms with Crippen LogP contribution >= 0.6 is 0 Å². The molecule has 92 valence electrons. The smallest absolute Gasteiger partial charge is 0.418 e. The van der Waals surface area contributed by atoms with Gasteiger partial charge in [0.2, 0.25) is 0 Å². The third kappa shape index (κ3) is 2.20. The summed E-state index contributed by atoms with van der Waals surface area (Å²) in [4.78, 5) is 12.0. The zero-order valence-electron chi connectivity index (χ0n) is 8.74. The second-order valence-electron chi connectivity index (χ2n) is 3.96. The Morgan fingerprint density at radius 2 is 1.88 bits per heavy atom. The summed E-state index contributed by atoms with van der Waals surface area (Å²) in [6.45, 7) is 0.255. The Bertz CT molecular complexity index is 439. The highest BCUT2D eigenvalue weighted by Gasteiger charge is 2.39. The lowest BCUT2D eigenvalue weighted by Gasteiger charge is -2.39. The Kier molecular flexibility index (Phi) is 2.73. The van der Waals surface area contributed by atoms with Crippen molar-refractivity contribution >= 4 is 11.7 Å². The molecule has 0 radical (unpaired) electrons. The molecule has 3 nitrogen and oxygen atoms in total. The first kappa shape index (κ1) is 11.8. The molecule has 1 aromatic carbocycles. The van der Waals surface area contributed by atoms with E-state index in [-0.39, 0.29) is 18.8 Å². The molecule has 0 aromatic heterocycles. The van der Waals surface area contributed by atoms with E-state index in [1.807, 2.05) is 0 Å². The predicted molar refractivity (Wildman–Crippen MR) is 54.8 cm³/mol. The van der Waals surface area contributed by atoms with Crippen LogP contribution in [0.25, 0.3) is 0 Å². The molecule has 0 unspecified atom stereocenters. The summed E-state index contributed by atoms with van der Waals surface area (Å²) in [5, 5.41) is 8.68. The Labute approximate surface area is 95.5 Å². The molecule has 0 spiro atoms. The van der Waals surface area contributed by atoms with E-state index in [9.17, 15) is 18.0 Å². The Balaban J connectivity index is 2.21. The monoisotopic (exact) mass is 245 g/mol. The van der Waals surface area contributed by atoms with Gasteiger partial charge in [-0.15, -0.1) is 0 Å². The molecule has 17 heavy (non-hydrogen) atoms. The average Bonchev–Trinajstić information content (AvgIpc) is 2.13. The van der Waals surface area contributed by atoms with E-state index in [0.717, 1.165) is 6.07 Å². The van der Waals surface area contributed by atoms with Gasteiger partial charge in [0.05, 0.1) is 11.5 Å². The Morgan fingerprint density at radius 1 is 1.29 bits per heavy atom. The van der Waals surface area contributed by atoms with Gasteiger partial charge >= 0.3 is 12.1 Å². The van der Waals surface area contributed by atoms with Crippen LogP contribution < -0.4 is 4.90 Å². The van der Waals surface area contributed by atoms with Crippen molar-refractivity contribution in [2.75, 3.05) is 18.0 Å². The van der Waals surface area contributed by atoms with Gasteiger partial charge in [0.25, 0.3) is 0 Å². The summed E-state index contributed by atoms with van der Waals surface area (Å²) in [7, 11) is 0. The Morgan fingerprint density at radius 3 is 2.41 bits per heavy atom. The van der Waals surface area contributed by atoms with E-state index < -0.39 is 23.6 Å². The molecule has 1 aliphatic rings. The molecule has 1 aliphatic heterocycles. The van der Waals surface area contributed by atoms with Crippen LogP contribution in [-0.2, 0) is 11.0 Å². The summed E-state index contributed by atoms with van der Waals surface area (Å²) in [6, 6.07) is 5.20. The molecule has 1 saturated heterocycles. The van der Waals surface area contributed by atoms with E-state index in [1.54, 1.807) is 0 Å². The number of halogens is 3. The van der Waals surface area contributed by atoms with Gasteiger partial charge in [-0.3, -0.25) is 4.79 Å². The number of para-hydroxylation sites is 1. The fraction of sp³-hybridized carbons (Fsp3) is 0.364. The SMILES string of the molecule is O=C(O)C1CN(c2ccccc2C(F)(F)F)C1. The second kappa shape index (κ2) is 3.94. The van der Waals surface area contributed by atoms with Gasteiger partial charge in [0.15, 0.2) is 0 Å². The maximum atomic E-state index is 12.7. The van der Waals surface area contributed by atoms with Crippen LogP contribution in [0.5, 0.6) is 0 Å². The lowest BCUT2D eigenvalue weighted by Crippen LogP contribution is -2.51. The zero-order valence-corrected chi connectivity index (χ0v) is 8.74. The van der Waals surface area contributed by atoms with Crippen molar-refractivity contribution in [3.8, 4) is 0 Å². The second-order valence-corrected chi connectivity index (χ2v) is 3.96. The number of hydrogen-bond donors (Lipinski definition) is 1. The van der Waals surface area contributed by atoms with Gasteiger partial charge in [0, 0.05) is 18.8 Å². The van der Waals surface area contributed by atoms with E-state index in [4.69, 9.17) is 5.11 Å². The molecule has 0 amide bonds. The first-order chi connectivity index (χ1) is 7.89. The van der Waals surface area contributed by atoms with Gasteiger partial charge in [-0.1, -0.05) is 12.1 Å². The van der Waals surface area contributed by atoms with Crippen molar-refractivity contribution < 1.29 is 23.1 Å². The van der Waals surface area contributed by atoms with Gasteiger partial charge in [-0.25, -0.2) is 0 Å². The highest BCUT2D eigenvalue weighted by Crippen LogP contribution is 2.38. The normalized spacial score (nSPS) is 16.8. The highest BCUT2D eigenvalue weighted by molar-refractivity contribution is 5.75. The fourth-order valence-electron chi connectivity index (χ4n) is 1.82. The van der Waals surface area contributed by atoms with Crippen molar-refractivity contribution in [1.29, 1.82) is 0 Å². The summed E-state index contributed by atoms with van der Waals surface area (Å²) in [5.41, 5.74) is -0.665. The fourth-order valence-corrected chi connectivity index (χ4v) is 1.82. The van der Waals surface area contributed by atoms with E-state index in [1.165, 1.54) is 23.1 Å². The van der Waals surface area contributed by atoms with E-state index in [2.05, 4.69) is 0 Å². The standard InChI is InChI=1S/C11H10F3NO2/c12-11(13,14)8-3-1-2-4-9(8)15-5-7(6-15)10(16)17/h1-4,7H,5-6H2,(H,16,17). The minimum atomic E-state index is -4.41. The van der Waals surface area contributed by atoms with Crippen LogP contribution in [0.1, 0.15) is 5.56 Å². The number of benzene rings is 1. The third-order valence-electron chi connectivity index (χ3n) is 2.78. The Hall–Kier alpha value is -1.72. The molecule has 0 bridgehead atoms. The maximum absolute atomic E-state index is 12.7. The van der Waals surface area contributed by atoms with Gasteiger partial charge < -0.3 is 10.0 Å². The minimum absolute atomic E-state index is 0.0532. The number of hydrogen-bond acceptors (Lipinski definition) is 2. The van der Waals surface area contributed by atoms with Crippen molar-refractivity contribution in [3.63, 3.8) is 0 Å². The van der Waals surface area contributed by atoms with Gasteiger partial charge in [-0.05, 0) is 12.1 Å². The minimum Gasteiger partial charge on any atom is -0.481 e. The van der Waals surface area contributed by atoms with Crippen molar-refractivity contribution in [2.24, 2.45) is 5.92 Å². The first-order valence-corrected chi connectivity index (χ1v) is 5.03. The van der Waals surface area contributed by atoms with Crippen molar-refractivity contribution in [1.82, 2.24) is 0 Å². The molecule has 1 fully saturated rings. The average molecular weight is 245 g/mol. The molecule has 1 aromatic rings. The topological polar surface area (TPSA) is 40.5 Å². The quantitative estimate of drug-likeness (QED) is 0.868. The van der Waals surface area contributed by atoms with Crippen LogP contribution in [0, 0.1) is 5.92 Å². The molecule has 1 N–H and O–H groups in total. The summed E-state index contributed by atoms with van der Waals surface area (Å²) in [5.74, 6) is -1.54. The highest BCUT2D eigenvalue weighted by atomic mass is 19.4. The van der Waals surface area contributed by atoms with E-state index in [0.29, 0.717) is 0 Å². The zero-order chi connectivity index (χ0) is 12.6. The lowest BCUT2D eigenvalue weighted by molar-refractivity contribution is -0.142. The summed E-state index contributed by atoms with van der Waals surface area (Å²) in [6.07, 6.45) is -4.41. The summed E-state index contributed by atoms with van der Waals surface area (Å²) >= 11 is 0. The van der Waals surface area contributed by atoms with E-state index >= 15 is 0 Å². The largest absolute Gasteiger partial charge is 0.481 e. The third-order valence-corrected chi connectivity index (χ3v) is 2.78. The molecule has 0 aliphatic carbocycles. The van der Waals surface area contributed by atoms with Crippen LogP contribution in [0.4, 0.5) is 18.9 Å². The van der Waals surface area contributed by atoms with Crippen LogP contribution in [0.3, 0.4) is 0 Å². The van der Waals surface area contributed by atoms with Gasteiger partial charge in [-0.2, -0.15) is 13.2 Å². The first-order valence-electron chi connectivity index (χ1n) is 5.03. The number of carbonyl (C=O) groups is 1. The van der Waals surface area contributed by atoms with Crippen LogP contribution in [0.2, 0.25) is 0 Å². The van der Waals surface area contributed by atoms with Crippen LogP contribution in [0.15, 0.2) is 24.3 Å². The lowest BCUT2D eigenvalue weighted by atomic mass is 9.98. The number of alkyl halides is 3. The molecule has 6 heteroatoms. The number of carboxylic acids is 1. The summed E-state index contributed by atoms with van der Waals surface area (Å²) < 4.78 is 38.0. The van der Waals surface area contributed by atoms with Crippen molar-refractivity contribution in [3.05, 3.63) is 29.8 Å². The molecule has 1 heterocycles. The number of carboxylic acid groups (broad SMARTS) is 1. The molecule has 0 atom stereocenters. The molecule has 0 saturated carbocycles. The van der Waals surface area contributed by atoms with Crippen LogP contribution in [-0.4, -0.2) is 24.2 Å². The number of aliphatic carboxylic acids is 1. The molecular formula is C11H10F3NO2. The van der Waals surface area contributed by atoms with Crippen molar-refractivity contribution in [2.45, 2.75) is 6.18 Å². The number of anilines is 1. The maximum Gasteiger partial charge on any atom is 0.418 e. The molecular weight excluding hydrogens is 235 g/mol. The number of nitrogens with zero attached hydrogens (tertiary/aromatic N) is 1. The molecule has 2 rings (SSSR count). The van der Waals surface area contributed by atoms with Gasteiger partial charge in [0.1, 0.15) is 0 Å².